The fraction of sp³-hybridized carbons (Fsp3) is 0.143. The molecule has 0 aliphatic heterocycles. The van der Waals surface area contributed by atoms with E-state index in [9.17, 15) is 13.6 Å². The summed E-state index contributed by atoms with van der Waals surface area (Å²) in [6.45, 7) is 2.54. The summed E-state index contributed by atoms with van der Waals surface area (Å²) in [7, 11) is 0. The molecule has 1 aromatic heterocycles. The van der Waals surface area contributed by atoms with Gasteiger partial charge in [-0.1, -0.05) is 6.07 Å². The molecule has 104 valence electrons. The number of nitrogens with zero attached hydrogens (tertiary/aromatic N) is 1. The lowest BCUT2D eigenvalue weighted by atomic mass is 10.2. The summed E-state index contributed by atoms with van der Waals surface area (Å²) in [5, 5.41) is 5.17. The molecule has 1 aromatic carbocycles. The minimum Gasteiger partial charge on any atom is -0.370 e. The maximum atomic E-state index is 13.4. The predicted octanol–water partition coefficient (Wildman–Crippen LogP) is 3.04. The zero-order chi connectivity index (χ0) is 14.5. The zero-order valence-corrected chi connectivity index (χ0v) is 10.8. The molecule has 4 nitrogen and oxygen atoms in total. The topological polar surface area (TPSA) is 54.0 Å². The number of hydrogen-bond donors (Lipinski definition) is 2. The predicted molar refractivity (Wildman–Crippen MR) is 72.7 cm³/mol. The van der Waals surface area contributed by atoms with Crippen LogP contribution in [-0.4, -0.2) is 17.4 Å². The second-order valence-electron chi connectivity index (χ2n) is 4.01. The molecule has 0 atom stereocenters. The largest absolute Gasteiger partial charge is 0.370 e. The highest BCUT2D eigenvalue weighted by atomic mass is 19.1. The summed E-state index contributed by atoms with van der Waals surface area (Å²) < 4.78 is 26.9. The monoisotopic (exact) mass is 277 g/mol. The van der Waals surface area contributed by atoms with Gasteiger partial charge in [0.05, 0.1) is 0 Å². The Hall–Kier alpha value is -2.50. The first-order valence-corrected chi connectivity index (χ1v) is 6.07. The van der Waals surface area contributed by atoms with Crippen molar-refractivity contribution in [3.63, 3.8) is 0 Å². The Morgan fingerprint density at radius 2 is 1.95 bits per heavy atom. The average molecular weight is 277 g/mol. The molecule has 0 aliphatic rings. The van der Waals surface area contributed by atoms with Crippen molar-refractivity contribution >= 4 is 17.4 Å². The SMILES string of the molecule is CCNc1cc(C(=O)Nc2c(F)cccc2F)ccn1. The second-order valence-corrected chi connectivity index (χ2v) is 4.01. The maximum Gasteiger partial charge on any atom is 0.256 e. The van der Waals surface area contributed by atoms with E-state index in [1.54, 1.807) is 0 Å². The van der Waals surface area contributed by atoms with E-state index in [4.69, 9.17) is 0 Å². The molecule has 2 N–H and O–H groups in total. The van der Waals surface area contributed by atoms with E-state index in [-0.39, 0.29) is 5.56 Å². The van der Waals surface area contributed by atoms with Crippen LogP contribution >= 0.6 is 0 Å². The number of para-hydroxylation sites is 1. The summed E-state index contributed by atoms with van der Waals surface area (Å²) in [6, 6.07) is 6.37. The maximum absolute atomic E-state index is 13.4. The number of benzene rings is 1. The van der Waals surface area contributed by atoms with Gasteiger partial charge in [-0.2, -0.15) is 0 Å². The van der Waals surface area contributed by atoms with Gasteiger partial charge in [-0.05, 0) is 31.2 Å². The highest BCUT2D eigenvalue weighted by Gasteiger charge is 2.13. The number of hydrogen-bond acceptors (Lipinski definition) is 3. The Kier molecular flexibility index (Phi) is 4.24. The number of carbonyl (C=O) groups excluding carboxylic acids is 1. The first kappa shape index (κ1) is 13.9. The first-order chi connectivity index (χ1) is 9.61. The molecule has 0 fully saturated rings. The second kappa shape index (κ2) is 6.10. The van der Waals surface area contributed by atoms with E-state index < -0.39 is 23.2 Å². The molecule has 0 spiro atoms. The number of amides is 1. The third kappa shape index (κ3) is 3.09. The quantitative estimate of drug-likeness (QED) is 0.903. The van der Waals surface area contributed by atoms with Crippen molar-refractivity contribution in [1.82, 2.24) is 4.98 Å². The van der Waals surface area contributed by atoms with Gasteiger partial charge < -0.3 is 10.6 Å². The minimum absolute atomic E-state index is 0.263. The van der Waals surface area contributed by atoms with Crippen molar-refractivity contribution in [2.24, 2.45) is 0 Å². The number of rotatable bonds is 4. The van der Waals surface area contributed by atoms with E-state index in [1.807, 2.05) is 6.92 Å². The lowest BCUT2D eigenvalue weighted by Gasteiger charge is -2.08. The van der Waals surface area contributed by atoms with Crippen LogP contribution in [0, 0.1) is 11.6 Å². The van der Waals surface area contributed by atoms with E-state index in [0.717, 1.165) is 12.1 Å². The summed E-state index contributed by atoms with van der Waals surface area (Å²) >= 11 is 0. The third-order valence-electron chi connectivity index (χ3n) is 2.58. The van der Waals surface area contributed by atoms with Crippen LogP contribution in [0.3, 0.4) is 0 Å². The van der Waals surface area contributed by atoms with Gasteiger partial charge in [-0.25, -0.2) is 13.8 Å². The lowest BCUT2D eigenvalue weighted by molar-refractivity contribution is 0.102. The molecule has 20 heavy (non-hydrogen) atoms. The standard InChI is InChI=1S/C14H13F2N3O/c1-2-17-12-8-9(6-7-18-12)14(20)19-13-10(15)4-3-5-11(13)16/h3-8H,2H2,1H3,(H,17,18)(H,19,20). The number of pyridine rings is 1. The van der Waals surface area contributed by atoms with Crippen LogP contribution in [0.4, 0.5) is 20.3 Å². The van der Waals surface area contributed by atoms with Gasteiger partial charge in [0.15, 0.2) is 0 Å². The Labute approximate surface area is 114 Å². The van der Waals surface area contributed by atoms with Gasteiger partial charge >= 0.3 is 0 Å². The molecule has 0 saturated carbocycles. The Morgan fingerprint density at radius 1 is 1.25 bits per heavy atom. The minimum atomic E-state index is -0.820. The summed E-state index contributed by atoms with van der Waals surface area (Å²) in [4.78, 5) is 16.0. The molecule has 6 heteroatoms. The molecule has 0 bridgehead atoms. The van der Waals surface area contributed by atoms with E-state index in [1.165, 1.54) is 24.4 Å². The van der Waals surface area contributed by atoms with Crippen molar-refractivity contribution in [2.45, 2.75) is 6.92 Å². The Bertz CT molecular complexity index is 611. The van der Waals surface area contributed by atoms with Crippen molar-refractivity contribution in [3.05, 3.63) is 53.7 Å². The fourth-order valence-electron chi connectivity index (χ4n) is 1.65. The number of halogens is 2. The van der Waals surface area contributed by atoms with Crippen molar-refractivity contribution in [1.29, 1.82) is 0 Å². The van der Waals surface area contributed by atoms with Crippen molar-refractivity contribution in [2.75, 3.05) is 17.2 Å². The lowest BCUT2D eigenvalue weighted by Crippen LogP contribution is -2.15. The number of carbonyl (C=O) groups is 1. The Morgan fingerprint density at radius 3 is 2.60 bits per heavy atom. The number of nitrogens with one attached hydrogen (secondary N) is 2. The van der Waals surface area contributed by atoms with Gasteiger partial charge in [0, 0.05) is 18.3 Å². The highest BCUT2D eigenvalue weighted by molar-refractivity contribution is 6.04. The van der Waals surface area contributed by atoms with Gasteiger partial charge in [-0.3, -0.25) is 4.79 Å². The van der Waals surface area contributed by atoms with E-state index in [2.05, 4.69) is 15.6 Å². The van der Waals surface area contributed by atoms with Gasteiger partial charge in [0.1, 0.15) is 23.1 Å². The van der Waals surface area contributed by atoms with Gasteiger partial charge in [0.25, 0.3) is 5.91 Å². The summed E-state index contributed by atoms with van der Waals surface area (Å²) in [5.74, 6) is -1.72. The van der Waals surface area contributed by atoms with Gasteiger partial charge in [-0.15, -0.1) is 0 Å². The summed E-state index contributed by atoms with van der Waals surface area (Å²) in [6.07, 6.45) is 1.45. The molecule has 1 heterocycles. The molecular weight excluding hydrogens is 264 g/mol. The van der Waals surface area contributed by atoms with Crippen LogP contribution in [-0.2, 0) is 0 Å². The van der Waals surface area contributed by atoms with Crippen LogP contribution in [0.1, 0.15) is 17.3 Å². The summed E-state index contributed by atoms with van der Waals surface area (Å²) in [5.41, 5.74) is -0.196. The molecule has 2 aromatic rings. The first-order valence-electron chi connectivity index (χ1n) is 6.07. The number of aromatic nitrogens is 1. The highest BCUT2D eigenvalue weighted by Crippen LogP contribution is 2.19. The molecule has 0 unspecified atom stereocenters. The fourth-order valence-corrected chi connectivity index (χ4v) is 1.65. The third-order valence-corrected chi connectivity index (χ3v) is 2.58. The van der Waals surface area contributed by atoms with E-state index in [0.29, 0.717) is 12.4 Å². The zero-order valence-electron chi connectivity index (χ0n) is 10.8. The Balaban J connectivity index is 2.22. The average Bonchev–Trinajstić information content (AvgIpc) is 2.43. The number of anilines is 2. The molecular formula is C14H13F2N3O. The normalized spacial score (nSPS) is 10.2. The van der Waals surface area contributed by atoms with Crippen LogP contribution in [0.15, 0.2) is 36.5 Å². The van der Waals surface area contributed by atoms with Crippen LogP contribution < -0.4 is 10.6 Å². The van der Waals surface area contributed by atoms with Crippen LogP contribution in [0.2, 0.25) is 0 Å². The molecule has 0 saturated heterocycles. The molecule has 1 amide bonds. The smallest absolute Gasteiger partial charge is 0.256 e. The van der Waals surface area contributed by atoms with E-state index >= 15 is 0 Å². The molecule has 2 rings (SSSR count). The van der Waals surface area contributed by atoms with Crippen LogP contribution in [0.5, 0.6) is 0 Å². The van der Waals surface area contributed by atoms with Crippen molar-refractivity contribution in [3.8, 4) is 0 Å². The van der Waals surface area contributed by atoms with Crippen LogP contribution in [0.25, 0.3) is 0 Å². The van der Waals surface area contributed by atoms with Crippen molar-refractivity contribution < 1.29 is 13.6 Å². The molecule has 0 aliphatic carbocycles. The molecule has 0 radical (unpaired) electrons. The van der Waals surface area contributed by atoms with Gasteiger partial charge in [0.2, 0.25) is 0 Å².